The van der Waals surface area contributed by atoms with Crippen LogP contribution in [-0.4, -0.2) is 46.1 Å². The first-order valence-corrected chi connectivity index (χ1v) is 9.85. The Labute approximate surface area is 169 Å². The SMILES string of the molecule is Cc1nc2cc(NC(=O)CN3CCC(Oc4ccc(F)cc4)CC3)ccc2n1C. The quantitative estimate of drug-likeness (QED) is 0.717. The molecule has 6 nitrogen and oxygen atoms in total. The lowest BCUT2D eigenvalue weighted by Gasteiger charge is -2.31. The number of amides is 1. The van der Waals surface area contributed by atoms with Gasteiger partial charge in [0.1, 0.15) is 23.5 Å². The lowest BCUT2D eigenvalue weighted by molar-refractivity contribution is -0.117. The summed E-state index contributed by atoms with van der Waals surface area (Å²) in [4.78, 5) is 19.1. The molecule has 3 aromatic rings. The molecule has 2 heterocycles. The van der Waals surface area contributed by atoms with E-state index in [1.807, 2.05) is 36.7 Å². The van der Waals surface area contributed by atoms with Crippen LogP contribution in [0.5, 0.6) is 5.75 Å². The number of aryl methyl sites for hydroxylation is 2. The molecule has 0 atom stereocenters. The van der Waals surface area contributed by atoms with Crippen LogP contribution in [0.3, 0.4) is 0 Å². The number of likely N-dealkylation sites (tertiary alicyclic amines) is 1. The Morgan fingerprint density at radius 3 is 2.66 bits per heavy atom. The molecule has 0 radical (unpaired) electrons. The second-order valence-electron chi connectivity index (χ2n) is 7.52. The number of benzene rings is 2. The Balaban J connectivity index is 1.27. The topological polar surface area (TPSA) is 59.4 Å². The van der Waals surface area contributed by atoms with Gasteiger partial charge < -0.3 is 14.6 Å². The maximum atomic E-state index is 13.0. The Morgan fingerprint density at radius 2 is 1.93 bits per heavy atom. The van der Waals surface area contributed by atoms with E-state index in [4.69, 9.17) is 4.74 Å². The number of imidazole rings is 1. The first-order valence-electron chi connectivity index (χ1n) is 9.85. The summed E-state index contributed by atoms with van der Waals surface area (Å²) >= 11 is 0. The van der Waals surface area contributed by atoms with Gasteiger partial charge >= 0.3 is 0 Å². The second kappa shape index (κ2) is 8.21. The van der Waals surface area contributed by atoms with Crippen molar-refractivity contribution in [1.82, 2.24) is 14.5 Å². The lowest BCUT2D eigenvalue weighted by Crippen LogP contribution is -2.42. The number of halogens is 1. The number of rotatable bonds is 5. The summed E-state index contributed by atoms with van der Waals surface area (Å²) in [5, 5.41) is 2.97. The summed E-state index contributed by atoms with van der Waals surface area (Å²) < 4.78 is 20.9. The van der Waals surface area contributed by atoms with Crippen molar-refractivity contribution in [2.75, 3.05) is 25.0 Å². The van der Waals surface area contributed by atoms with Gasteiger partial charge in [-0.15, -0.1) is 0 Å². The van der Waals surface area contributed by atoms with Crippen LogP contribution >= 0.6 is 0 Å². The molecule has 1 aliphatic heterocycles. The third-order valence-electron chi connectivity index (χ3n) is 5.41. The van der Waals surface area contributed by atoms with Gasteiger partial charge in [-0.05, 0) is 62.2 Å². The minimum absolute atomic E-state index is 0.0325. The van der Waals surface area contributed by atoms with Crippen molar-refractivity contribution < 1.29 is 13.9 Å². The Kier molecular flexibility index (Phi) is 5.49. The van der Waals surface area contributed by atoms with Crippen molar-refractivity contribution in [1.29, 1.82) is 0 Å². The largest absolute Gasteiger partial charge is 0.490 e. The van der Waals surface area contributed by atoms with E-state index in [-0.39, 0.29) is 17.8 Å². The predicted octanol–water partition coefficient (Wildman–Crippen LogP) is 3.50. The Hall–Kier alpha value is -2.93. The maximum Gasteiger partial charge on any atom is 0.238 e. The van der Waals surface area contributed by atoms with E-state index < -0.39 is 0 Å². The molecule has 0 bridgehead atoms. The fraction of sp³-hybridized carbons (Fsp3) is 0.364. The first kappa shape index (κ1) is 19.4. The molecule has 1 fully saturated rings. The predicted molar refractivity (Wildman–Crippen MR) is 111 cm³/mol. The van der Waals surface area contributed by atoms with Crippen LogP contribution in [0.4, 0.5) is 10.1 Å². The van der Waals surface area contributed by atoms with E-state index in [1.54, 1.807) is 12.1 Å². The minimum Gasteiger partial charge on any atom is -0.490 e. The third-order valence-corrected chi connectivity index (χ3v) is 5.41. The zero-order valence-electron chi connectivity index (χ0n) is 16.7. The highest BCUT2D eigenvalue weighted by Gasteiger charge is 2.22. The van der Waals surface area contributed by atoms with E-state index in [0.29, 0.717) is 12.3 Å². The van der Waals surface area contributed by atoms with Crippen LogP contribution < -0.4 is 10.1 Å². The molecule has 4 rings (SSSR count). The van der Waals surface area contributed by atoms with Crippen molar-refractivity contribution in [2.45, 2.75) is 25.9 Å². The number of anilines is 1. The van der Waals surface area contributed by atoms with Crippen LogP contribution in [0.1, 0.15) is 18.7 Å². The highest BCUT2D eigenvalue weighted by atomic mass is 19.1. The zero-order chi connectivity index (χ0) is 20.4. The number of nitrogens with one attached hydrogen (secondary N) is 1. The Bertz CT molecular complexity index is 1010. The number of ether oxygens (including phenoxy) is 1. The molecule has 1 amide bonds. The van der Waals surface area contributed by atoms with Crippen LogP contribution in [0.15, 0.2) is 42.5 Å². The smallest absolute Gasteiger partial charge is 0.238 e. The van der Waals surface area contributed by atoms with Gasteiger partial charge in [0.25, 0.3) is 0 Å². The lowest BCUT2D eigenvalue weighted by atomic mass is 10.1. The number of fused-ring (bicyclic) bond motifs is 1. The van der Waals surface area contributed by atoms with E-state index >= 15 is 0 Å². The van der Waals surface area contributed by atoms with E-state index in [0.717, 1.165) is 48.5 Å². The highest BCUT2D eigenvalue weighted by Crippen LogP contribution is 2.21. The second-order valence-corrected chi connectivity index (χ2v) is 7.52. The van der Waals surface area contributed by atoms with E-state index in [1.165, 1.54) is 12.1 Å². The number of hydrogen-bond donors (Lipinski definition) is 1. The fourth-order valence-electron chi connectivity index (χ4n) is 3.69. The van der Waals surface area contributed by atoms with Gasteiger partial charge in [0.2, 0.25) is 5.91 Å². The van der Waals surface area contributed by atoms with Crippen LogP contribution in [0, 0.1) is 12.7 Å². The van der Waals surface area contributed by atoms with Crippen molar-refractivity contribution in [3.63, 3.8) is 0 Å². The first-order chi connectivity index (χ1) is 14.0. The summed E-state index contributed by atoms with van der Waals surface area (Å²) in [5.74, 6) is 1.32. The number of carbonyl (C=O) groups is 1. The third kappa shape index (κ3) is 4.56. The maximum absolute atomic E-state index is 13.0. The van der Waals surface area contributed by atoms with E-state index in [2.05, 4.69) is 15.2 Å². The van der Waals surface area contributed by atoms with Crippen LogP contribution in [0.25, 0.3) is 11.0 Å². The average Bonchev–Trinajstić information content (AvgIpc) is 2.98. The van der Waals surface area contributed by atoms with Gasteiger partial charge in [0.05, 0.1) is 17.6 Å². The van der Waals surface area contributed by atoms with Gasteiger partial charge in [-0.25, -0.2) is 9.37 Å². The van der Waals surface area contributed by atoms with Gasteiger partial charge in [0.15, 0.2) is 0 Å². The number of nitrogens with zero attached hydrogens (tertiary/aromatic N) is 3. The van der Waals surface area contributed by atoms with Crippen LogP contribution in [0.2, 0.25) is 0 Å². The van der Waals surface area contributed by atoms with Crippen molar-refractivity contribution in [3.05, 3.63) is 54.1 Å². The summed E-state index contributed by atoms with van der Waals surface area (Å²) in [6.07, 6.45) is 1.77. The van der Waals surface area contributed by atoms with Gasteiger partial charge in [0, 0.05) is 25.8 Å². The molecule has 0 unspecified atom stereocenters. The fourth-order valence-corrected chi connectivity index (χ4v) is 3.69. The number of hydrogen-bond acceptors (Lipinski definition) is 4. The monoisotopic (exact) mass is 396 g/mol. The van der Waals surface area contributed by atoms with Crippen molar-refractivity contribution >= 4 is 22.6 Å². The molecule has 0 saturated carbocycles. The summed E-state index contributed by atoms with van der Waals surface area (Å²) in [7, 11) is 1.98. The minimum atomic E-state index is -0.268. The molecule has 7 heteroatoms. The molecule has 1 aliphatic rings. The van der Waals surface area contributed by atoms with Crippen molar-refractivity contribution in [3.8, 4) is 5.75 Å². The van der Waals surface area contributed by atoms with Gasteiger partial charge in [-0.1, -0.05) is 0 Å². The average molecular weight is 396 g/mol. The summed E-state index contributed by atoms with van der Waals surface area (Å²) in [5.41, 5.74) is 2.68. The molecule has 1 aromatic heterocycles. The molecule has 29 heavy (non-hydrogen) atoms. The van der Waals surface area contributed by atoms with Gasteiger partial charge in [-0.2, -0.15) is 0 Å². The summed E-state index contributed by atoms with van der Waals surface area (Å²) in [6.45, 7) is 3.89. The number of aromatic nitrogens is 2. The van der Waals surface area contributed by atoms with Crippen molar-refractivity contribution in [2.24, 2.45) is 7.05 Å². The molecule has 2 aromatic carbocycles. The Morgan fingerprint density at radius 1 is 1.21 bits per heavy atom. The molecular formula is C22H25FN4O2. The number of piperidine rings is 1. The normalized spacial score (nSPS) is 15.6. The highest BCUT2D eigenvalue weighted by molar-refractivity contribution is 5.94. The zero-order valence-corrected chi connectivity index (χ0v) is 16.7. The standard InChI is InChI=1S/C22H25FN4O2/c1-15-24-20-13-17(5-8-21(20)26(15)2)25-22(28)14-27-11-9-19(10-12-27)29-18-6-3-16(23)4-7-18/h3-8,13,19H,9-12,14H2,1-2H3,(H,25,28). The molecule has 0 aliphatic carbocycles. The molecule has 1 N–H and O–H groups in total. The van der Waals surface area contributed by atoms with Crippen LogP contribution in [-0.2, 0) is 11.8 Å². The van der Waals surface area contributed by atoms with Gasteiger partial charge in [-0.3, -0.25) is 9.69 Å². The molecule has 152 valence electrons. The summed E-state index contributed by atoms with van der Waals surface area (Å²) in [6, 6.07) is 11.9. The van der Waals surface area contributed by atoms with E-state index in [9.17, 15) is 9.18 Å². The molecular weight excluding hydrogens is 371 g/mol. The molecule has 0 spiro atoms. The number of carbonyl (C=O) groups excluding carboxylic acids is 1. The molecule has 1 saturated heterocycles.